The van der Waals surface area contributed by atoms with Gasteiger partial charge in [-0.2, -0.15) is 5.10 Å². The number of anilines is 1. The smallest absolute Gasteiger partial charge is 0.231 e. The van der Waals surface area contributed by atoms with E-state index in [1.807, 2.05) is 63.2 Å². The summed E-state index contributed by atoms with van der Waals surface area (Å²) < 4.78 is 7.03. The SMILES string of the molecule is Cc1cc(C)cc(-n2nc(C)cc2NC(=O)Cc2noc3ccccc23)c1. The minimum absolute atomic E-state index is 0.133. The van der Waals surface area contributed by atoms with Crippen LogP contribution in [0.25, 0.3) is 16.7 Å². The second kappa shape index (κ2) is 6.72. The average Bonchev–Trinajstić information content (AvgIpc) is 3.18. The molecule has 0 unspecified atom stereocenters. The summed E-state index contributed by atoms with van der Waals surface area (Å²) in [7, 11) is 0. The van der Waals surface area contributed by atoms with Crippen LogP contribution in [0.2, 0.25) is 0 Å². The van der Waals surface area contributed by atoms with Gasteiger partial charge in [0.05, 0.1) is 17.8 Å². The van der Waals surface area contributed by atoms with Crippen LogP contribution < -0.4 is 5.32 Å². The summed E-state index contributed by atoms with van der Waals surface area (Å²) in [5, 5.41) is 12.4. The van der Waals surface area contributed by atoms with Crippen LogP contribution in [-0.2, 0) is 11.2 Å². The van der Waals surface area contributed by atoms with E-state index in [4.69, 9.17) is 4.52 Å². The Kier molecular flexibility index (Phi) is 4.24. The largest absolute Gasteiger partial charge is 0.356 e. The molecular weight excluding hydrogens is 340 g/mol. The minimum Gasteiger partial charge on any atom is -0.356 e. The second-order valence-corrected chi connectivity index (χ2v) is 6.78. The maximum absolute atomic E-state index is 12.6. The Morgan fingerprint density at radius 3 is 2.59 bits per heavy atom. The number of carbonyl (C=O) groups is 1. The molecule has 0 saturated heterocycles. The van der Waals surface area contributed by atoms with E-state index in [1.165, 1.54) is 0 Å². The van der Waals surface area contributed by atoms with Crippen LogP contribution in [0.15, 0.2) is 53.1 Å². The number of rotatable bonds is 4. The molecule has 0 saturated carbocycles. The lowest BCUT2D eigenvalue weighted by Gasteiger charge is -2.10. The molecule has 0 atom stereocenters. The van der Waals surface area contributed by atoms with Gasteiger partial charge in [0.1, 0.15) is 11.5 Å². The predicted molar refractivity (Wildman–Crippen MR) is 104 cm³/mol. The normalized spacial score (nSPS) is 11.1. The monoisotopic (exact) mass is 360 g/mol. The van der Waals surface area contributed by atoms with Crippen molar-refractivity contribution in [3.63, 3.8) is 0 Å². The number of amides is 1. The number of carbonyl (C=O) groups excluding carboxylic acids is 1. The molecule has 0 spiro atoms. The van der Waals surface area contributed by atoms with Crippen LogP contribution in [0.5, 0.6) is 0 Å². The van der Waals surface area contributed by atoms with Crippen LogP contribution in [0.1, 0.15) is 22.5 Å². The molecule has 6 nitrogen and oxygen atoms in total. The molecule has 0 fully saturated rings. The molecule has 0 aliphatic carbocycles. The van der Waals surface area contributed by atoms with Gasteiger partial charge < -0.3 is 9.84 Å². The van der Waals surface area contributed by atoms with Gasteiger partial charge in [0.2, 0.25) is 5.91 Å². The van der Waals surface area contributed by atoms with E-state index in [-0.39, 0.29) is 12.3 Å². The molecule has 6 heteroatoms. The van der Waals surface area contributed by atoms with Crippen molar-refractivity contribution in [1.29, 1.82) is 0 Å². The molecule has 2 aromatic heterocycles. The summed E-state index contributed by atoms with van der Waals surface area (Å²) in [5.41, 5.74) is 5.34. The fourth-order valence-corrected chi connectivity index (χ4v) is 3.26. The number of aryl methyl sites for hydroxylation is 3. The molecule has 1 N–H and O–H groups in total. The van der Waals surface area contributed by atoms with Gasteiger partial charge in [-0.25, -0.2) is 4.68 Å². The van der Waals surface area contributed by atoms with Crippen molar-refractivity contribution in [3.05, 3.63) is 71.0 Å². The molecule has 0 aliphatic heterocycles. The fraction of sp³-hybridized carbons (Fsp3) is 0.190. The predicted octanol–water partition coefficient (Wildman–Crippen LogP) is 4.12. The molecule has 1 amide bonds. The number of nitrogens with zero attached hydrogens (tertiary/aromatic N) is 3. The summed E-state index contributed by atoms with van der Waals surface area (Å²) in [6, 6.07) is 15.6. The molecule has 4 rings (SSSR count). The van der Waals surface area contributed by atoms with Gasteiger partial charge >= 0.3 is 0 Å². The van der Waals surface area contributed by atoms with Crippen molar-refractivity contribution in [2.45, 2.75) is 27.2 Å². The minimum atomic E-state index is -0.167. The van der Waals surface area contributed by atoms with Crippen LogP contribution >= 0.6 is 0 Å². The molecule has 2 heterocycles. The van der Waals surface area contributed by atoms with Gasteiger partial charge in [-0.15, -0.1) is 0 Å². The standard InChI is InChI=1S/C21H20N4O2/c1-13-8-14(2)10-16(9-13)25-20(11-15(3)23-25)22-21(26)12-18-17-6-4-5-7-19(17)27-24-18/h4-11H,12H2,1-3H3,(H,22,26). The molecule has 4 aromatic rings. The summed E-state index contributed by atoms with van der Waals surface area (Å²) in [6.45, 7) is 5.99. The van der Waals surface area contributed by atoms with E-state index < -0.39 is 0 Å². The summed E-state index contributed by atoms with van der Waals surface area (Å²) in [6.07, 6.45) is 0.133. The van der Waals surface area contributed by atoms with Crippen molar-refractivity contribution in [3.8, 4) is 5.69 Å². The lowest BCUT2D eigenvalue weighted by molar-refractivity contribution is -0.115. The van der Waals surface area contributed by atoms with Gasteiger partial charge in [0.25, 0.3) is 0 Å². The first-order chi connectivity index (χ1) is 13.0. The zero-order valence-corrected chi connectivity index (χ0v) is 15.5. The number of benzene rings is 2. The highest BCUT2D eigenvalue weighted by atomic mass is 16.5. The molecule has 0 bridgehead atoms. The highest BCUT2D eigenvalue weighted by Gasteiger charge is 2.15. The van der Waals surface area contributed by atoms with Gasteiger partial charge in [0, 0.05) is 11.5 Å². The quantitative estimate of drug-likeness (QED) is 0.594. The molecule has 0 radical (unpaired) electrons. The first-order valence-electron chi connectivity index (χ1n) is 8.78. The van der Waals surface area contributed by atoms with Crippen LogP contribution in [0.3, 0.4) is 0 Å². The molecule has 27 heavy (non-hydrogen) atoms. The third-order valence-corrected chi connectivity index (χ3v) is 4.33. The average molecular weight is 360 g/mol. The van der Waals surface area contributed by atoms with E-state index in [0.717, 1.165) is 27.9 Å². The van der Waals surface area contributed by atoms with Gasteiger partial charge in [-0.3, -0.25) is 4.79 Å². The van der Waals surface area contributed by atoms with Crippen molar-refractivity contribution in [2.75, 3.05) is 5.32 Å². The Bertz CT molecular complexity index is 1120. The lowest BCUT2D eigenvalue weighted by atomic mass is 10.1. The lowest BCUT2D eigenvalue weighted by Crippen LogP contribution is -2.17. The number of aromatic nitrogens is 3. The second-order valence-electron chi connectivity index (χ2n) is 6.78. The Labute approximate surface area is 156 Å². The molecule has 136 valence electrons. The molecule has 0 aliphatic rings. The summed E-state index contributed by atoms with van der Waals surface area (Å²) in [4.78, 5) is 12.6. The van der Waals surface area contributed by atoms with E-state index >= 15 is 0 Å². The number of para-hydroxylation sites is 1. The summed E-state index contributed by atoms with van der Waals surface area (Å²) >= 11 is 0. The van der Waals surface area contributed by atoms with E-state index in [0.29, 0.717) is 17.1 Å². The molecule has 2 aromatic carbocycles. The first-order valence-corrected chi connectivity index (χ1v) is 8.78. The third kappa shape index (κ3) is 3.46. The zero-order valence-electron chi connectivity index (χ0n) is 15.5. The maximum atomic E-state index is 12.6. The van der Waals surface area contributed by atoms with Crippen molar-refractivity contribution >= 4 is 22.7 Å². The number of nitrogens with one attached hydrogen (secondary N) is 1. The molecular formula is C21H20N4O2. The van der Waals surface area contributed by atoms with E-state index in [2.05, 4.69) is 21.6 Å². The fourth-order valence-electron chi connectivity index (χ4n) is 3.26. The van der Waals surface area contributed by atoms with Crippen molar-refractivity contribution in [2.24, 2.45) is 0 Å². The van der Waals surface area contributed by atoms with Crippen molar-refractivity contribution in [1.82, 2.24) is 14.9 Å². The maximum Gasteiger partial charge on any atom is 0.231 e. The number of fused-ring (bicyclic) bond motifs is 1. The topological polar surface area (TPSA) is 73.0 Å². The van der Waals surface area contributed by atoms with Crippen LogP contribution in [-0.4, -0.2) is 20.8 Å². The third-order valence-electron chi connectivity index (χ3n) is 4.33. The first kappa shape index (κ1) is 17.0. The Morgan fingerprint density at radius 2 is 1.81 bits per heavy atom. The highest BCUT2D eigenvalue weighted by molar-refractivity contribution is 5.94. The van der Waals surface area contributed by atoms with Crippen molar-refractivity contribution < 1.29 is 9.32 Å². The van der Waals surface area contributed by atoms with Gasteiger partial charge in [-0.1, -0.05) is 23.4 Å². The van der Waals surface area contributed by atoms with Gasteiger partial charge in [-0.05, 0) is 56.2 Å². The Morgan fingerprint density at radius 1 is 1.07 bits per heavy atom. The van der Waals surface area contributed by atoms with Crippen LogP contribution in [0.4, 0.5) is 5.82 Å². The Hall–Kier alpha value is -3.41. The van der Waals surface area contributed by atoms with Crippen LogP contribution in [0, 0.1) is 20.8 Å². The number of hydrogen-bond acceptors (Lipinski definition) is 4. The summed E-state index contributed by atoms with van der Waals surface area (Å²) in [5.74, 6) is 0.467. The van der Waals surface area contributed by atoms with Gasteiger partial charge in [0.15, 0.2) is 5.58 Å². The van der Waals surface area contributed by atoms with E-state index in [9.17, 15) is 4.79 Å². The Balaban J connectivity index is 1.60. The zero-order chi connectivity index (χ0) is 19.0. The highest BCUT2D eigenvalue weighted by Crippen LogP contribution is 2.21. The number of hydrogen-bond donors (Lipinski definition) is 1. The van der Waals surface area contributed by atoms with E-state index in [1.54, 1.807) is 4.68 Å².